The van der Waals surface area contributed by atoms with E-state index in [0.717, 1.165) is 0 Å². The molecule has 1 aliphatic heterocycles. The SMILES string of the molecule is C[C@H](F)C(N)C(=O)N1CCC[C@H]1B(O)O. The van der Waals surface area contributed by atoms with Crippen LogP contribution in [0.15, 0.2) is 0 Å². The molecule has 0 spiro atoms. The van der Waals surface area contributed by atoms with Crippen molar-refractivity contribution >= 4 is 13.0 Å². The molecule has 1 unspecified atom stereocenters. The molecule has 0 aliphatic carbocycles. The Bertz CT molecular complexity index is 240. The highest BCUT2D eigenvalue weighted by Crippen LogP contribution is 2.19. The van der Waals surface area contributed by atoms with E-state index in [2.05, 4.69) is 0 Å². The Morgan fingerprint density at radius 1 is 1.67 bits per heavy atom. The van der Waals surface area contributed by atoms with Crippen molar-refractivity contribution in [3.05, 3.63) is 0 Å². The van der Waals surface area contributed by atoms with Gasteiger partial charge in [-0.3, -0.25) is 4.79 Å². The molecular formula is C8H16BFN2O3. The third-order valence-corrected chi connectivity index (χ3v) is 2.71. The Labute approximate surface area is 88.2 Å². The minimum Gasteiger partial charge on any atom is -0.426 e. The van der Waals surface area contributed by atoms with Crippen LogP contribution in [0.3, 0.4) is 0 Å². The molecule has 3 atom stereocenters. The molecule has 0 bridgehead atoms. The quantitative estimate of drug-likeness (QED) is 0.512. The number of nitrogens with two attached hydrogens (primary N) is 1. The first-order chi connectivity index (χ1) is 6.95. The zero-order valence-corrected chi connectivity index (χ0v) is 8.64. The van der Waals surface area contributed by atoms with Gasteiger partial charge in [-0.1, -0.05) is 0 Å². The van der Waals surface area contributed by atoms with Gasteiger partial charge in [0.2, 0.25) is 5.91 Å². The molecule has 1 amide bonds. The molecule has 1 fully saturated rings. The first-order valence-electron chi connectivity index (χ1n) is 5.01. The third-order valence-electron chi connectivity index (χ3n) is 2.71. The normalized spacial score (nSPS) is 25.1. The van der Waals surface area contributed by atoms with Gasteiger partial charge in [0.25, 0.3) is 0 Å². The minimum absolute atomic E-state index is 0.404. The van der Waals surface area contributed by atoms with E-state index in [1.54, 1.807) is 0 Å². The molecule has 1 saturated heterocycles. The summed E-state index contributed by atoms with van der Waals surface area (Å²) in [4.78, 5) is 12.9. The summed E-state index contributed by atoms with van der Waals surface area (Å²) in [5, 5.41) is 18.0. The second-order valence-electron chi connectivity index (χ2n) is 3.86. The number of carbonyl (C=O) groups is 1. The lowest BCUT2D eigenvalue weighted by molar-refractivity contribution is -0.133. The Kier molecular flexibility index (Phi) is 4.07. The lowest BCUT2D eigenvalue weighted by Crippen LogP contribution is -2.53. The van der Waals surface area contributed by atoms with E-state index < -0.39 is 31.2 Å². The van der Waals surface area contributed by atoms with E-state index in [1.165, 1.54) is 11.8 Å². The Morgan fingerprint density at radius 3 is 2.73 bits per heavy atom. The molecule has 1 heterocycles. The van der Waals surface area contributed by atoms with Gasteiger partial charge in [-0.15, -0.1) is 0 Å². The maximum absolute atomic E-state index is 12.8. The molecule has 15 heavy (non-hydrogen) atoms. The number of amides is 1. The fourth-order valence-corrected chi connectivity index (χ4v) is 1.76. The van der Waals surface area contributed by atoms with Crippen LogP contribution in [-0.4, -0.2) is 52.7 Å². The summed E-state index contributed by atoms with van der Waals surface area (Å²) in [7, 11) is -1.58. The Balaban J connectivity index is 2.66. The zero-order chi connectivity index (χ0) is 11.6. The number of alkyl halides is 1. The molecule has 0 aromatic carbocycles. The van der Waals surface area contributed by atoms with Gasteiger partial charge in [0.1, 0.15) is 12.2 Å². The molecule has 1 aliphatic rings. The summed E-state index contributed by atoms with van der Waals surface area (Å²) in [5.74, 6) is -1.21. The lowest BCUT2D eigenvalue weighted by Gasteiger charge is -2.27. The van der Waals surface area contributed by atoms with Gasteiger partial charge in [-0.05, 0) is 19.8 Å². The van der Waals surface area contributed by atoms with E-state index in [-0.39, 0.29) is 0 Å². The predicted molar refractivity (Wildman–Crippen MR) is 53.5 cm³/mol. The van der Waals surface area contributed by atoms with Crippen LogP contribution in [0.1, 0.15) is 19.8 Å². The van der Waals surface area contributed by atoms with E-state index in [1.807, 2.05) is 0 Å². The van der Waals surface area contributed by atoms with Crippen molar-refractivity contribution < 1.29 is 19.2 Å². The van der Waals surface area contributed by atoms with Gasteiger partial charge in [0, 0.05) is 6.54 Å². The second kappa shape index (κ2) is 4.91. The number of halogens is 1. The monoisotopic (exact) mass is 218 g/mol. The smallest absolute Gasteiger partial charge is 0.426 e. The van der Waals surface area contributed by atoms with Gasteiger partial charge >= 0.3 is 7.12 Å². The van der Waals surface area contributed by atoms with Crippen molar-refractivity contribution in [2.75, 3.05) is 6.54 Å². The highest BCUT2D eigenvalue weighted by atomic mass is 19.1. The number of hydrogen-bond donors (Lipinski definition) is 3. The fourth-order valence-electron chi connectivity index (χ4n) is 1.76. The molecule has 0 radical (unpaired) electrons. The molecule has 5 nitrogen and oxygen atoms in total. The van der Waals surface area contributed by atoms with Crippen LogP contribution in [0.2, 0.25) is 0 Å². The average Bonchev–Trinajstić information content (AvgIpc) is 2.63. The van der Waals surface area contributed by atoms with Gasteiger partial charge in [0.05, 0.1) is 5.94 Å². The number of nitrogens with zero attached hydrogens (tertiary/aromatic N) is 1. The van der Waals surface area contributed by atoms with Crippen molar-refractivity contribution in [1.29, 1.82) is 0 Å². The Morgan fingerprint density at radius 2 is 2.27 bits per heavy atom. The van der Waals surface area contributed by atoms with E-state index in [9.17, 15) is 9.18 Å². The first kappa shape index (κ1) is 12.4. The molecule has 7 heteroatoms. The molecule has 1 rings (SSSR count). The summed E-state index contributed by atoms with van der Waals surface area (Å²) in [6.45, 7) is 1.62. The topological polar surface area (TPSA) is 86.8 Å². The van der Waals surface area contributed by atoms with Crippen molar-refractivity contribution in [1.82, 2.24) is 4.90 Å². The number of rotatable bonds is 3. The van der Waals surface area contributed by atoms with Crippen LogP contribution in [-0.2, 0) is 4.79 Å². The molecule has 0 saturated carbocycles. The van der Waals surface area contributed by atoms with Crippen molar-refractivity contribution in [2.24, 2.45) is 5.73 Å². The highest BCUT2D eigenvalue weighted by Gasteiger charge is 2.39. The standard InChI is InChI=1S/C8H16BFN2O3/c1-5(10)7(11)8(13)12-4-2-3-6(12)9(14)15/h5-7,14-15H,2-4,11H2,1H3/t5-,6-,7?/m0/s1. The number of likely N-dealkylation sites (tertiary alicyclic amines) is 1. The lowest BCUT2D eigenvalue weighted by atomic mass is 9.77. The van der Waals surface area contributed by atoms with Crippen LogP contribution in [0, 0.1) is 0 Å². The summed E-state index contributed by atoms with van der Waals surface area (Å²) >= 11 is 0. The van der Waals surface area contributed by atoms with Gasteiger partial charge in [-0.2, -0.15) is 0 Å². The zero-order valence-electron chi connectivity index (χ0n) is 8.64. The highest BCUT2D eigenvalue weighted by molar-refractivity contribution is 6.43. The van der Waals surface area contributed by atoms with Gasteiger partial charge < -0.3 is 20.7 Å². The van der Waals surface area contributed by atoms with Crippen molar-refractivity contribution in [3.8, 4) is 0 Å². The predicted octanol–water partition coefficient (Wildman–Crippen LogP) is -1.33. The number of hydrogen-bond acceptors (Lipinski definition) is 4. The molecule has 0 aromatic heterocycles. The fraction of sp³-hybridized carbons (Fsp3) is 0.875. The van der Waals surface area contributed by atoms with E-state index >= 15 is 0 Å². The van der Waals surface area contributed by atoms with Crippen LogP contribution in [0.5, 0.6) is 0 Å². The molecule has 0 aromatic rings. The van der Waals surface area contributed by atoms with Crippen LogP contribution < -0.4 is 5.73 Å². The maximum atomic E-state index is 12.8. The summed E-state index contributed by atoms with van der Waals surface area (Å²) in [6.07, 6.45) is -0.243. The van der Waals surface area contributed by atoms with Gasteiger partial charge in [0.15, 0.2) is 0 Å². The largest absolute Gasteiger partial charge is 0.475 e. The van der Waals surface area contributed by atoms with Crippen molar-refractivity contribution in [3.63, 3.8) is 0 Å². The molecular weight excluding hydrogens is 202 g/mol. The maximum Gasteiger partial charge on any atom is 0.475 e. The van der Waals surface area contributed by atoms with E-state index in [4.69, 9.17) is 15.8 Å². The molecule has 86 valence electrons. The van der Waals surface area contributed by atoms with E-state index in [0.29, 0.717) is 19.4 Å². The van der Waals surface area contributed by atoms with Gasteiger partial charge in [-0.25, -0.2) is 4.39 Å². The molecule has 4 N–H and O–H groups in total. The third kappa shape index (κ3) is 2.67. The average molecular weight is 218 g/mol. The summed E-state index contributed by atoms with van der Waals surface area (Å²) < 4.78 is 12.8. The first-order valence-corrected chi connectivity index (χ1v) is 5.01. The minimum atomic E-state index is -1.58. The Hall–Kier alpha value is -0.655. The van der Waals surface area contributed by atoms with Crippen molar-refractivity contribution in [2.45, 2.75) is 37.9 Å². The van der Waals surface area contributed by atoms with Crippen LogP contribution in [0.4, 0.5) is 4.39 Å². The van der Waals surface area contributed by atoms with Crippen LogP contribution >= 0.6 is 0 Å². The summed E-state index contributed by atoms with van der Waals surface area (Å²) in [6, 6.07) is -1.22. The summed E-state index contributed by atoms with van der Waals surface area (Å²) in [5.41, 5.74) is 5.37. The second-order valence-corrected chi connectivity index (χ2v) is 3.86. The number of carbonyl (C=O) groups excluding carboxylic acids is 1. The van der Waals surface area contributed by atoms with Crippen LogP contribution in [0.25, 0.3) is 0 Å².